The fraction of sp³-hybridized carbons (Fsp3) is 0.400. The number of carbonyl (C=O) groups is 1. The smallest absolute Gasteiger partial charge is 0.325 e. The van der Waals surface area contributed by atoms with Crippen LogP contribution in [0.2, 0.25) is 0 Å². The highest BCUT2D eigenvalue weighted by Gasteiger charge is 2.30. The molecular weight excluding hydrogens is 320 g/mol. The quantitative estimate of drug-likeness (QED) is 0.901. The number of benzene rings is 1. The molecule has 1 aliphatic rings. The van der Waals surface area contributed by atoms with Gasteiger partial charge in [0.2, 0.25) is 0 Å². The van der Waals surface area contributed by atoms with Gasteiger partial charge in [-0.1, -0.05) is 28.4 Å². The van der Waals surface area contributed by atoms with Gasteiger partial charge in [-0.15, -0.1) is 0 Å². The van der Waals surface area contributed by atoms with Crippen molar-refractivity contribution in [3.05, 3.63) is 34.4 Å². The van der Waals surface area contributed by atoms with Gasteiger partial charge in [-0.3, -0.25) is 9.69 Å². The topological polar surface area (TPSA) is 56.3 Å². The van der Waals surface area contributed by atoms with Crippen molar-refractivity contribution in [3.63, 3.8) is 0 Å². The first-order valence-electron chi connectivity index (χ1n) is 6.90. The van der Waals surface area contributed by atoms with Crippen molar-refractivity contribution >= 4 is 32.8 Å². The molecule has 1 aromatic carbocycles. The van der Waals surface area contributed by atoms with Gasteiger partial charge in [-0.05, 0) is 38.1 Å². The average Bonchev–Trinajstić information content (AvgIpc) is 2.83. The van der Waals surface area contributed by atoms with Crippen molar-refractivity contribution < 1.29 is 9.90 Å². The Balaban J connectivity index is 2.02. The normalized spacial score (nSPS) is 18.2. The number of rotatable bonds is 3. The molecule has 0 amide bonds. The maximum absolute atomic E-state index is 11.7. The molecule has 5 heteroatoms. The fourth-order valence-corrected chi connectivity index (χ4v) is 3.37. The van der Waals surface area contributed by atoms with Gasteiger partial charge in [-0.25, -0.2) is 0 Å². The summed E-state index contributed by atoms with van der Waals surface area (Å²) in [6.07, 6.45) is 5.20. The second-order valence-electron chi connectivity index (χ2n) is 5.27. The lowest BCUT2D eigenvalue weighted by Gasteiger charge is -2.31. The van der Waals surface area contributed by atoms with Crippen LogP contribution < -0.4 is 0 Å². The molecule has 4 nitrogen and oxygen atoms in total. The number of H-pyrrole nitrogens is 1. The van der Waals surface area contributed by atoms with Crippen LogP contribution in [0.15, 0.2) is 28.9 Å². The molecule has 106 valence electrons. The number of piperidine rings is 1. The summed E-state index contributed by atoms with van der Waals surface area (Å²) < 4.78 is 0.989. The van der Waals surface area contributed by atoms with Crippen molar-refractivity contribution in [1.82, 2.24) is 9.88 Å². The van der Waals surface area contributed by atoms with Crippen molar-refractivity contribution in [2.24, 2.45) is 0 Å². The Labute approximate surface area is 125 Å². The molecule has 1 aliphatic heterocycles. The molecule has 0 spiro atoms. The molecule has 0 bridgehead atoms. The van der Waals surface area contributed by atoms with E-state index < -0.39 is 12.0 Å². The predicted octanol–water partition coefficient (Wildman–Crippen LogP) is 3.54. The van der Waals surface area contributed by atoms with E-state index in [2.05, 4.69) is 25.8 Å². The van der Waals surface area contributed by atoms with Gasteiger partial charge in [0.25, 0.3) is 0 Å². The number of aliphatic carboxylic acids is 1. The van der Waals surface area contributed by atoms with Crippen molar-refractivity contribution in [2.75, 3.05) is 13.1 Å². The summed E-state index contributed by atoms with van der Waals surface area (Å²) >= 11 is 3.44. The number of aromatic amines is 1. The highest BCUT2D eigenvalue weighted by atomic mass is 79.9. The van der Waals surface area contributed by atoms with Gasteiger partial charge in [0.1, 0.15) is 6.04 Å². The number of fused-ring (bicyclic) bond motifs is 1. The highest BCUT2D eigenvalue weighted by molar-refractivity contribution is 9.10. The summed E-state index contributed by atoms with van der Waals surface area (Å²) in [6, 6.07) is 5.36. The molecule has 20 heavy (non-hydrogen) atoms. The number of aromatic nitrogens is 1. The lowest BCUT2D eigenvalue weighted by Crippen LogP contribution is -2.37. The molecule has 0 radical (unpaired) electrons. The molecule has 2 N–H and O–H groups in total. The van der Waals surface area contributed by atoms with E-state index in [1.54, 1.807) is 0 Å². The number of likely N-dealkylation sites (tertiary alicyclic amines) is 1. The molecule has 1 saturated heterocycles. The highest BCUT2D eigenvalue weighted by Crippen LogP contribution is 2.31. The Morgan fingerprint density at radius 2 is 2.05 bits per heavy atom. The van der Waals surface area contributed by atoms with E-state index in [9.17, 15) is 9.90 Å². The summed E-state index contributed by atoms with van der Waals surface area (Å²) in [7, 11) is 0. The number of hydrogen-bond acceptors (Lipinski definition) is 2. The molecule has 1 unspecified atom stereocenters. The molecule has 1 atom stereocenters. The van der Waals surface area contributed by atoms with Crippen LogP contribution in [0.5, 0.6) is 0 Å². The van der Waals surface area contributed by atoms with Crippen LogP contribution in [-0.2, 0) is 4.79 Å². The van der Waals surface area contributed by atoms with Crippen molar-refractivity contribution in [3.8, 4) is 0 Å². The standard InChI is InChI=1S/C15H17BrN2O2/c16-10-4-5-11-12(9-17-13(11)8-10)14(15(19)20)18-6-2-1-3-7-18/h4-5,8-9,14,17H,1-3,6-7H2,(H,19,20). The maximum Gasteiger partial charge on any atom is 0.325 e. The Morgan fingerprint density at radius 1 is 1.30 bits per heavy atom. The molecule has 0 saturated carbocycles. The fourth-order valence-electron chi connectivity index (χ4n) is 3.01. The molecule has 2 heterocycles. The molecule has 2 aromatic rings. The number of nitrogens with zero attached hydrogens (tertiary/aromatic N) is 1. The van der Waals surface area contributed by atoms with E-state index in [1.807, 2.05) is 24.4 Å². The minimum absolute atomic E-state index is 0.551. The van der Waals surface area contributed by atoms with Crippen molar-refractivity contribution in [2.45, 2.75) is 25.3 Å². The SMILES string of the molecule is O=C(O)C(c1c[nH]c2cc(Br)ccc12)N1CCCCC1. The lowest BCUT2D eigenvalue weighted by atomic mass is 10.0. The Morgan fingerprint density at radius 3 is 2.75 bits per heavy atom. The van der Waals surface area contributed by atoms with Crippen LogP contribution in [0, 0.1) is 0 Å². The summed E-state index contributed by atoms with van der Waals surface area (Å²) in [5.74, 6) is -0.768. The number of halogens is 1. The molecule has 3 rings (SSSR count). The van der Waals surface area contributed by atoms with E-state index in [-0.39, 0.29) is 0 Å². The number of carboxylic acids is 1. The summed E-state index contributed by atoms with van der Waals surface area (Å²) in [6.45, 7) is 1.72. The first-order valence-corrected chi connectivity index (χ1v) is 7.69. The number of carboxylic acid groups (broad SMARTS) is 1. The third-order valence-corrected chi connectivity index (χ3v) is 4.45. The van der Waals surface area contributed by atoms with E-state index in [1.165, 1.54) is 6.42 Å². The third-order valence-electron chi connectivity index (χ3n) is 3.96. The van der Waals surface area contributed by atoms with E-state index >= 15 is 0 Å². The predicted molar refractivity (Wildman–Crippen MR) is 81.8 cm³/mol. The van der Waals surface area contributed by atoms with Crippen LogP contribution >= 0.6 is 15.9 Å². The van der Waals surface area contributed by atoms with E-state index in [4.69, 9.17) is 0 Å². The summed E-state index contributed by atoms with van der Waals surface area (Å²) in [5.41, 5.74) is 1.83. The molecule has 1 fully saturated rings. The lowest BCUT2D eigenvalue weighted by molar-refractivity contribution is -0.144. The average molecular weight is 337 g/mol. The van der Waals surface area contributed by atoms with Gasteiger partial charge in [-0.2, -0.15) is 0 Å². The maximum atomic E-state index is 11.7. The van der Waals surface area contributed by atoms with Crippen LogP contribution in [0.1, 0.15) is 30.9 Å². The van der Waals surface area contributed by atoms with Gasteiger partial charge in [0, 0.05) is 27.1 Å². The molecule has 1 aromatic heterocycles. The molecule has 0 aliphatic carbocycles. The second kappa shape index (κ2) is 5.58. The monoisotopic (exact) mass is 336 g/mol. The first-order chi connectivity index (χ1) is 9.66. The minimum atomic E-state index is -0.768. The van der Waals surface area contributed by atoms with E-state index in [0.29, 0.717) is 0 Å². The van der Waals surface area contributed by atoms with Crippen LogP contribution in [0.25, 0.3) is 10.9 Å². The van der Waals surface area contributed by atoms with Gasteiger partial charge in [0.05, 0.1) is 0 Å². The second-order valence-corrected chi connectivity index (χ2v) is 6.19. The Kier molecular flexibility index (Phi) is 3.81. The van der Waals surface area contributed by atoms with Gasteiger partial charge >= 0.3 is 5.97 Å². The third kappa shape index (κ3) is 2.47. The van der Waals surface area contributed by atoms with Crippen LogP contribution in [0.3, 0.4) is 0 Å². The molecular formula is C15H17BrN2O2. The van der Waals surface area contributed by atoms with Crippen LogP contribution in [0.4, 0.5) is 0 Å². The minimum Gasteiger partial charge on any atom is -0.480 e. The van der Waals surface area contributed by atoms with Gasteiger partial charge in [0.15, 0.2) is 0 Å². The Bertz CT molecular complexity index is 632. The Hall–Kier alpha value is -1.33. The van der Waals surface area contributed by atoms with Crippen LogP contribution in [-0.4, -0.2) is 34.0 Å². The summed E-state index contributed by atoms with van der Waals surface area (Å²) in [4.78, 5) is 17.0. The number of hydrogen-bond donors (Lipinski definition) is 2. The van der Waals surface area contributed by atoms with Crippen molar-refractivity contribution in [1.29, 1.82) is 0 Å². The first kappa shape index (κ1) is 13.6. The zero-order valence-electron chi connectivity index (χ0n) is 11.1. The largest absolute Gasteiger partial charge is 0.480 e. The number of nitrogens with one attached hydrogen (secondary N) is 1. The van der Waals surface area contributed by atoms with E-state index in [0.717, 1.165) is 46.9 Å². The zero-order chi connectivity index (χ0) is 14.1. The van der Waals surface area contributed by atoms with Gasteiger partial charge < -0.3 is 10.1 Å². The zero-order valence-corrected chi connectivity index (χ0v) is 12.7. The summed E-state index contributed by atoms with van der Waals surface area (Å²) in [5, 5.41) is 10.6.